The van der Waals surface area contributed by atoms with E-state index in [4.69, 9.17) is 23.2 Å². The number of hydrogen-bond acceptors (Lipinski definition) is 0. The minimum Gasteiger partial charge on any atom is -0.170 e. The third-order valence-corrected chi connectivity index (χ3v) is 2.73. The zero-order valence-electron chi connectivity index (χ0n) is 8.12. The van der Waals surface area contributed by atoms with Crippen molar-refractivity contribution in [3.8, 4) is 0 Å². The van der Waals surface area contributed by atoms with Crippen LogP contribution in [0.4, 0.5) is 13.2 Å². The summed E-state index contributed by atoms with van der Waals surface area (Å²) in [7, 11) is 0. The fourth-order valence-electron chi connectivity index (χ4n) is 1.08. The first-order valence-corrected chi connectivity index (χ1v) is 4.93. The van der Waals surface area contributed by atoms with Crippen LogP contribution < -0.4 is 0 Å². The first kappa shape index (κ1) is 12.7. The Hall–Kier alpha value is -0.410. The van der Waals surface area contributed by atoms with Gasteiger partial charge in [0.1, 0.15) is 0 Å². The van der Waals surface area contributed by atoms with Crippen LogP contribution in [0.2, 0.25) is 10.0 Å². The Morgan fingerprint density at radius 1 is 0.933 bits per heavy atom. The maximum absolute atomic E-state index is 12.7. The zero-order chi connectivity index (χ0) is 11.9. The quantitative estimate of drug-likeness (QED) is 0.675. The van der Waals surface area contributed by atoms with Gasteiger partial charge in [-0.25, -0.2) is 0 Å². The van der Waals surface area contributed by atoms with Crippen molar-refractivity contribution in [1.29, 1.82) is 0 Å². The monoisotopic (exact) mass is 256 g/mol. The second-order valence-corrected chi connectivity index (χ2v) is 4.65. The van der Waals surface area contributed by atoms with Gasteiger partial charge in [0.2, 0.25) is 0 Å². The number of benzene rings is 1. The van der Waals surface area contributed by atoms with Crippen LogP contribution in [-0.2, 0) is 5.41 Å². The average molecular weight is 257 g/mol. The van der Waals surface area contributed by atoms with Crippen molar-refractivity contribution >= 4 is 23.2 Å². The Balaban J connectivity index is 3.27. The Labute approximate surface area is 96.0 Å². The third kappa shape index (κ3) is 2.58. The summed E-state index contributed by atoms with van der Waals surface area (Å²) in [6.45, 7) is 2.18. The largest absolute Gasteiger partial charge is 0.397 e. The van der Waals surface area contributed by atoms with Gasteiger partial charge in [-0.05, 0) is 37.6 Å². The first-order valence-electron chi connectivity index (χ1n) is 4.18. The van der Waals surface area contributed by atoms with Crippen LogP contribution in [-0.4, -0.2) is 6.18 Å². The predicted molar refractivity (Wildman–Crippen MR) is 55.5 cm³/mol. The highest BCUT2D eigenvalue weighted by Crippen LogP contribution is 2.41. The summed E-state index contributed by atoms with van der Waals surface area (Å²) in [4.78, 5) is 0. The predicted octanol–water partition coefficient (Wildman–Crippen LogP) is 4.83. The summed E-state index contributed by atoms with van der Waals surface area (Å²) in [5.41, 5.74) is -1.89. The Morgan fingerprint density at radius 2 is 1.33 bits per heavy atom. The molecule has 0 saturated carbocycles. The van der Waals surface area contributed by atoms with Crippen LogP contribution in [0.15, 0.2) is 18.2 Å². The molecule has 0 spiro atoms. The molecule has 0 N–H and O–H groups in total. The van der Waals surface area contributed by atoms with Gasteiger partial charge < -0.3 is 0 Å². The van der Waals surface area contributed by atoms with E-state index >= 15 is 0 Å². The third-order valence-electron chi connectivity index (χ3n) is 2.29. The van der Waals surface area contributed by atoms with Gasteiger partial charge in [-0.15, -0.1) is 0 Å². The van der Waals surface area contributed by atoms with E-state index in [2.05, 4.69) is 0 Å². The fourth-order valence-corrected chi connectivity index (χ4v) is 1.60. The van der Waals surface area contributed by atoms with E-state index in [1.165, 1.54) is 18.2 Å². The minimum absolute atomic E-state index is 0.0625. The molecule has 0 saturated heterocycles. The van der Waals surface area contributed by atoms with Gasteiger partial charge in [0, 0.05) is 10.0 Å². The van der Waals surface area contributed by atoms with Gasteiger partial charge >= 0.3 is 6.18 Å². The standard InChI is InChI=1S/C10H9Cl2F3/c1-9(2,10(13,14)15)6-3-7(11)5-8(12)4-6/h3-5H,1-2H3. The summed E-state index contributed by atoms with van der Waals surface area (Å²) in [6, 6.07) is 3.96. The topological polar surface area (TPSA) is 0 Å². The van der Waals surface area contributed by atoms with Gasteiger partial charge in [-0.2, -0.15) is 13.2 Å². The summed E-state index contributed by atoms with van der Waals surface area (Å²) < 4.78 is 38.1. The summed E-state index contributed by atoms with van der Waals surface area (Å²) in [5.74, 6) is 0. The van der Waals surface area contributed by atoms with Crippen molar-refractivity contribution in [1.82, 2.24) is 0 Å². The van der Waals surface area contributed by atoms with Gasteiger partial charge in [0.25, 0.3) is 0 Å². The van der Waals surface area contributed by atoms with Crippen LogP contribution in [0.25, 0.3) is 0 Å². The lowest BCUT2D eigenvalue weighted by Gasteiger charge is -2.28. The zero-order valence-corrected chi connectivity index (χ0v) is 9.63. The molecule has 0 radical (unpaired) electrons. The van der Waals surface area contributed by atoms with E-state index < -0.39 is 11.6 Å². The van der Waals surface area contributed by atoms with Crippen LogP contribution in [0.3, 0.4) is 0 Å². The fraction of sp³-hybridized carbons (Fsp3) is 0.400. The molecule has 5 heteroatoms. The molecule has 1 rings (SSSR count). The molecule has 1 aromatic carbocycles. The highest BCUT2D eigenvalue weighted by molar-refractivity contribution is 6.34. The van der Waals surface area contributed by atoms with Gasteiger partial charge in [0.05, 0.1) is 5.41 Å². The molecule has 0 aromatic heterocycles. The SMILES string of the molecule is CC(C)(c1cc(Cl)cc(Cl)c1)C(F)(F)F. The van der Waals surface area contributed by atoms with Crippen LogP contribution in [0.5, 0.6) is 0 Å². The molecule has 0 fully saturated rings. The lowest BCUT2D eigenvalue weighted by Crippen LogP contribution is -2.36. The molecular formula is C10H9Cl2F3. The smallest absolute Gasteiger partial charge is 0.170 e. The van der Waals surface area contributed by atoms with Crippen LogP contribution >= 0.6 is 23.2 Å². The van der Waals surface area contributed by atoms with Crippen LogP contribution in [0.1, 0.15) is 19.4 Å². The summed E-state index contributed by atoms with van der Waals surface area (Å²) in [5, 5.41) is 0.407. The van der Waals surface area contributed by atoms with Crippen LogP contribution in [0, 0.1) is 0 Å². The highest BCUT2D eigenvalue weighted by Gasteiger charge is 2.48. The van der Waals surface area contributed by atoms with Gasteiger partial charge in [-0.3, -0.25) is 0 Å². The van der Waals surface area contributed by atoms with E-state index in [9.17, 15) is 13.2 Å². The van der Waals surface area contributed by atoms with Crippen molar-refractivity contribution < 1.29 is 13.2 Å². The van der Waals surface area contributed by atoms with E-state index in [-0.39, 0.29) is 15.6 Å². The maximum atomic E-state index is 12.7. The van der Waals surface area contributed by atoms with E-state index in [1.807, 2.05) is 0 Å². The Kier molecular flexibility index (Phi) is 3.27. The number of rotatable bonds is 1. The van der Waals surface area contributed by atoms with Crippen molar-refractivity contribution in [2.45, 2.75) is 25.4 Å². The van der Waals surface area contributed by atoms with E-state index in [0.717, 1.165) is 13.8 Å². The Bertz CT molecular complexity index is 349. The lowest BCUT2D eigenvalue weighted by molar-refractivity contribution is -0.180. The molecule has 0 atom stereocenters. The van der Waals surface area contributed by atoms with Crippen molar-refractivity contribution in [3.63, 3.8) is 0 Å². The number of hydrogen-bond donors (Lipinski definition) is 0. The van der Waals surface area contributed by atoms with E-state index in [1.54, 1.807) is 0 Å². The van der Waals surface area contributed by atoms with Gasteiger partial charge in [0.15, 0.2) is 0 Å². The molecule has 0 bridgehead atoms. The maximum Gasteiger partial charge on any atom is 0.397 e. The second kappa shape index (κ2) is 3.87. The molecule has 15 heavy (non-hydrogen) atoms. The first-order chi connectivity index (χ1) is 6.64. The molecule has 0 aliphatic carbocycles. The van der Waals surface area contributed by atoms with Crippen molar-refractivity contribution in [2.24, 2.45) is 0 Å². The molecule has 0 amide bonds. The second-order valence-electron chi connectivity index (χ2n) is 3.78. The molecule has 0 unspecified atom stereocenters. The molecular weight excluding hydrogens is 248 g/mol. The highest BCUT2D eigenvalue weighted by atomic mass is 35.5. The molecule has 0 aliphatic heterocycles. The van der Waals surface area contributed by atoms with E-state index in [0.29, 0.717) is 0 Å². The average Bonchev–Trinajstić information content (AvgIpc) is 1.99. The molecule has 1 aromatic rings. The molecule has 0 nitrogen and oxygen atoms in total. The normalized spacial score (nSPS) is 13.0. The van der Waals surface area contributed by atoms with Gasteiger partial charge in [-0.1, -0.05) is 23.2 Å². The summed E-state index contributed by atoms with van der Waals surface area (Å²) in [6.07, 6.45) is -4.33. The number of halogens is 5. The summed E-state index contributed by atoms with van der Waals surface area (Å²) >= 11 is 11.3. The minimum atomic E-state index is -4.33. The van der Waals surface area contributed by atoms with Crippen molar-refractivity contribution in [2.75, 3.05) is 0 Å². The lowest BCUT2D eigenvalue weighted by atomic mass is 9.84. The molecule has 0 aliphatic rings. The number of alkyl halides is 3. The van der Waals surface area contributed by atoms with Crippen molar-refractivity contribution in [3.05, 3.63) is 33.8 Å². The molecule has 0 heterocycles. The Morgan fingerprint density at radius 3 is 1.67 bits per heavy atom. The molecule has 84 valence electrons.